The Morgan fingerprint density at radius 3 is 2.21 bits per heavy atom. The first-order valence-electron chi connectivity index (χ1n) is 7.21. The molecule has 0 aromatic heterocycles. The lowest BCUT2D eigenvalue weighted by molar-refractivity contribution is -0.139. The Balaban J connectivity index is 3.23. The van der Waals surface area contributed by atoms with Crippen molar-refractivity contribution >= 4 is 30.2 Å². The van der Waals surface area contributed by atoms with Gasteiger partial charge < -0.3 is 22.4 Å². The molecule has 0 fully saturated rings. The number of ether oxygens (including phenoxy) is 2. The van der Waals surface area contributed by atoms with Gasteiger partial charge in [-0.25, -0.2) is 4.79 Å². The van der Waals surface area contributed by atoms with Gasteiger partial charge in [0.1, 0.15) is 5.60 Å². The maximum absolute atomic E-state index is 13.1. The summed E-state index contributed by atoms with van der Waals surface area (Å²) in [6.07, 6.45) is -1.12. The molecule has 1 amide bonds. The highest BCUT2D eigenvalue weighted by atomic mass is 19.4. The second-order valence-corrected chi connectivity index (χ2v) is 6.30. The smallest absolute Gasteiger partial charge is 0.469 e. The highest BCUT2D eigenvalue weighted by Gasteiger charge is 2.28. The van der Waals surface area contributed by atoms with Crippen LogP contribution in [0.3, 0.4) is 0 Å². The predicted octanol–water partition coefficient (Wildman–Crippen LogP) is 2.83. The molecule has 24 heavy (non-hydrogen) atoms. The van der Waals surface area contributed by atoms with E-state index in [1.165, 1.54) is 13.1 Å². The fourth-order valence-corrected chi connectivity index (χ4v) is 1.86. The number of halogens is 3. The van der Waals surface area contributed by atoms with Crippen LogP contribution in [0.4, 0.5) is 23.4 Å². The molecule has 0 N–H and O–H groups in total. The molecule has 0 unspecified atom stereocenters. The molecule has 0 radical (unpaired) electrons. The van der Waals surface area contributed by atoms with E-state index < -0.39 is 30.1 Å². The summed E-state index contributed by atoms with van der Waals surface area (Å²) < 4.78 is 49.0. The minimum absolute atomic E-state index is 0.0140. The van der Waals surface area contributed by atoms with Crippen LogP contribution in [0, 0.1) is 0 Å². The molecule has 134 valence electrons. The summed E-state index contributed by atoms with van der Waals surface area (Å²) >= 11 is 0. The lowest BCUT2D eigenvalue weighted by atomic mass is 9.78. The van der Waals surface area contributed by atoms with E-state index in [1.807, 2.05) is 0 Å². The topological polar surface area (TPSA) is 55.8 Å². The highest BCUT2D eigenvalue weighted by Crippen LogP contribution is 2.21. The molecule has 1 aromatic carbocycles. The van der Waals surface area contributed by atoms with Crippen molar-refractivity contribution in [2.45, 2.75) is 32.8 Å². The van der Waals surface area contributed by atoms with Gasteiger partial charge in [-0.05, 0) is 32.4 Å². The van der Waals surface area contributed by atoms with Crippen molar-refractivity contribution < 1.29 is 32.0 Å². The molecular weight excluding hydrogens is 326 g/mol. The average molecular weight is 346 g/mol. The first kappa shape index (κ1) is 19.9. The van der Waals surface area contributed by atoms with E-state index in [-0.39, 0.29) is 17.7 Å². The van der Waals surface area contributed by atoms with Gasteiger partial charge in [-0.3, -0.25) is 9.69 Å². The minimum Gasteiger partial charge on any atom is -0.469 e. The van der Waals surface area contributed by atoms with Crippen LogP contribution in [-0.4, -0.2) is 38.8 Å². The fourth-order valence-electron chi connectivity index (χ4n) is 1.86. The Labute approximate surface area is 138 Å². The van der Waals surface area contributed by atoms with E-state index in [9.17, 15) is 22.5 Å². The maximum Gasteiger partial charge on any atom is 0.509 e. The molecule has 0 bridgehead atoms. The minimum atomic E-state index is -5.29. The third kappa shape index (κ3) is 5.79. The Bertz CT molecular complexity index is 626. The molecule has 0 saturated carbocycles. The van der Waals surface area contributed by atoms with Crippen LogP contribution >= 0.6 is 0 Å². The molecule has 5 nitrogen and oxygen atoms in total. The van der Waals surface area contributed by atoms with Gasteiger partial charge in [-0.2, -0.15) is 0 Å². The van der Waals surface area contributed by atoms with Crippen LogP contribution in [0.15, 0.2) is 18.2 Å². The number of carbonyl (C=O) groups is 2. The summed E-state index contributed by atoms with van der Waals surface area (Å²) in [7, 11) is 2.45. The van der Waals surface area contributed by atoms with E-state index >= 15 is 0 Å². The number of amides is 1. The van der Waals surface area contributed by atoms with E-state index in [4.69, 9.17) is 4.74 Å². The molecule has 0 atom stereocenters. The summed E-state index contributed by atoms with van der Waals surface area (Å²) in [6.45, 7) is -0.342. The first-order valence-corrected chi connectivity index (χ1v) is 7.21. The zero-order valence-electron chi connectivity index (χ0n) is 14.2. The highest BCUT2D eigenvalue weighted by molar-refractivity contribution is 6.73. The van der Waals surface area contributed by atoms with Gasteiger partial charge in [0.2, 0.25) is 0 Å². The lowest BCUT2D eigenvalue weighted by Crippen LogP contribution is -2.37. The van der Waals surface area contributed by atoms with Crippen molar-refractivity contribution in [3.63, 3.8) is 0 Å². The van der Waals surface area contributed by atoms with Gasteiger partial charge >= 0.3 is 19.0 Å². The standard InChI is InChI=1S/C15H20BF3NO4/c1-15(2,3)24-14(22)20(4)12-7-10(8-13(21)23-5)6-11(9-12)16(17,18)19/h6-7,9H,8H2,1-5H3/q-1. The van der Waals surface area contributed by atoms with Gasteiger partial charge in [-0.15, -0.1) is 5.46 Å². The van der Waals surface area contributed by atoms with Crippen LogP contribution in [0.5, 0.6) is 0 Å². The number of benzene rings is 1. The number of methoxy groups -OCH3 is 1. The van der Waals surface area contributed by atoms with E-state index in [1.54, 1.807) is 20.8 Å². The van der Waals surface area contributed by atoms with E-state index in [2.05, 4.69) is 4.74 Å². The van der Waals surface area contributed by atoms with Crippen molar-refractivity contribution in [1.29, 1.82) is 0 Å². The molecule has 9 heteroatoms. The zero-order chi connectivity index (χ0) is 18.7. The summed E-state index contributed by atoms with van der Waals surface area (Å²) in [5.41, 5.74) is -1.60. The molecule has 0 heterocycles. The Kier molecular flexibility index (Phi) is 5.91. The summed E-state index contributed by atoms with van der Waals surface area (Å²) in [5, 5.41) is 0. The van der Waals surface area contributed by atoms with Crippen molar-refractivity contribution in [2.24, 2.45) is 0 Å². The number of rotatable bonds is 4. The molecule has 0 aliphatic heterocycles. The van der Waals surface area contributed by atoms with Crippen LogP contribution < -0.4 is 10.4 Å². The maximum atomic E-state index is 13.1. The quantitative estimate of drug-likeness (QED) is 0.622. The van der Waals surface area contributed by atoms with Crippen LogP contribution in [-0.2, 0) is 20.7 Å². The van der Waals surface area contributed by atoms with Crippen LogP contribution in [0.1, 0.15) is 26.3 Å². The summed E-state index contributed by atoms with van der Waals surface area (Å²) in [5.74, 6) is -0.673. The number of hydrogen-bond acceptors (Lipinski definition) is 4. The zero-order valence-corrected chi connectivity index (χ0v) is 14.2. The Hall–Kier alpha value is -2.19. The first-order chi connectivity index (χ1) is 10.8. The molecule has 0 saturated heterocycles. The van der Waals surface area contributed by atoms with Crippen molar-refractivity contribution in [2.75, 3.05) is 19.1 Å². The van der Waals surface area contributed by atoms with Crippen molar-refractivity contribution in [1.82, 2.24) is 0 Å². The number of hydrogen-bond donors (Lipinski definition) is 0. The van der Waals surface area contributed by atoms with Gasteiger partial charge in [0.25, 0.3) is 0 Å². The number of carbonyl (C=O) groups excluding carboxylic acids is 2. The second kappa shape index (κ2) is 7.15. The molecule has 1 rings (SSSR count). The number of anilines is 1. The fraction of sp³-hybridized carbons (Fsp3) is 0.467. The van der Waals surface area contributed by atoms with E-state index in [0.717, 1.165) is 24.1 Å². The third-order valence-electron chi connectivity index (χ3n) is 3.01. The monoisotopic (exact) mass is 346 g/mol. The predicted molar refractivity (Wildman–Crippen MR) is 85.5 cm³/mol. The normalized spacial score (nSPS) is 11.8. The largest absolute Gasteiger partial charge is 0.509 e. The second-order valence-electron chi connectivity index (χ2n) is 6.30. The number of nitrogens with zero attached hydrogens (tertiary/aromatic N) is 1. The Morgan fingerprint density at radius 2 is 1.75 bits per heavy atom. The molecule has 0 spiro atoms. The summed E-state index contributed by atoms with van der Waals surface area (Å²) in [6, 6.07) is 3.06. The van der Waals surface area contributed by atoms with Gasteiger partial charge in [0, 0.05) is 12.7 Å². The van der Waals surface area contributed by atoms with Crippen LogP contribution in [0.2, 0.25) is 0 Å². The van der Waals surface area contributed by atoms with Gasteiger partial charge in [-0.1, -0.05) is 12.1 Å². The molecule has 0 aliphatic rings. The summed E-state index contributed by atoms with van der Waals surface area (Å²) in [4.78, 5) is 24.4. The third-order valence-corrected chi connectivity index (χ3v) is 3.01. The molecular formula is C15H20BF3NO4-. The lowest BCUT2D eigenvalue weighted by Gasteiger charge is -2.26. The number of esters is 1. The SMILES string of the molecule is COC(=O)Cc1cc(N(C)C(=O)OC(C)(C)C)cc([B-](F)(F)F)c1. The molecule has 1 aromatic rings. The Morgan fingerprint density at radius 1 is 1.17 bits per heavy atom. The van der Waals surface area contributed by atoms with E-state index in [0.29, 0.717) is 0 Å². The molecule has 0 aliphatic carbocycles. The van der Waals surface area contributed by atoms with Crippen LogP contribution in [0.25, 0.3) is 0 Å². The average Bonchev–Trinajstić information content (AvgIpc) is 2.43. The van der Waals surface area contributed by atoms with Crippen molar-refractivity contribution in [3.8, 4) is 0 Å². The van der Waals surface area contributed by atoms with Gasteiger partial charge in [0.15, 0.2) is 0 Å². The van der Waals surface area contributed by atoms with Crippen molar-refractivity contribution in [3.05, 3.63) is 23.8 Å². The van der Waals surface area contributed by atoms with Gasteiger partial charge in [0.05, 0.1) is 13.5 Å².